The number of aliphatic hydroxyl groups is 1. The largest absolute Gasteiger partial charge is 0.417 e. The first kappa shape index (κ1) is 16.0. The van der Waals surface area contributed by atoms with Crippen LogP contribution in [0, 0.1) is 6.92 Å². The van der Waals surface area contributed by atoms with E-state index in [0.29, 0.717) is 0 Å². The van der Waals surface area contributed by atoms with Crippen molar-refractivity contribution in [1.82, 2.24) is 0 Å². The highest BCUT2D eigenvalue weighted by Gasteiger charge is 2.33. The van der Waals surface area contributed by atoms with Gasteiger partial charge < -0.3 is 5.11 Å². The van der Waals surface area contributed by atoms with Gasteiger partial charge in [-0.15, -0.1) is 0 Å². The molecule has 0 saturated carbocycles. The van der Waals surface area contributed by atoms with Crippen LogP contribution in [0.1, 0.15) is 28.4 Å². The summed E-state index contributed by atoms with van der Waals surface area (Å²) in [6, 6.07) is 11.3. The number of hydrogen-bond donors (Lipinski definition) is 1. The normalized spacial score (nSPS) is 13.2. The zero-order valence-corrected chi connectivity index (χ0v) is 12.9. The van der Waals surface area contributed by atoms with Crippen LogP contribution in [-0.4, -0.2) is 5.11 Å². The molecule has 2 rings (SSSR count). The van der Waals surface area contributed by atoms with Gasteiger partial charge in [0.25, 0.3) is 0 Å². The van der Waals surface area contributed by atoms with Gasteiger partial charge in [-0.25, -0.2) is 0 Å². The number of aryl methyl sites for hydroxylation is 1. The summed E-state index contributed by atoms with van der Waals surface area (Å²) in [6.45, 7) is 1.95. The molecule has 1 nitrogen and oxygen atoms in total. The van der Waals surface area contributed by atoms with E-state index in [2.05, 4.69) is 15.9 Å². The van der Waals surface area contributed by atoms with E-state index in [9.17, 15) is 18.3 Å². The van der Waals surface area contributed by atoms with Crippen LogP contribution in [0.5, 0.6) is 0 Å². The van der Waals surface area contributed by atoms with Crippen LogP contribution in [0.15, 0.2) is 46.9 Å². The van der Waals surface area contributed by atoms with Gasteiger partial charge in [-0.1, -0.05) is 51.8 Å². The molecule has 112 valence electrons. The molecule has 0 spiro atoms. The van der Waals surface area contributed by atoms with Gasteiger partial charge in [0.1, 0.15) is 0 Å². The van der Waals surface area contributed by atoms with Crippen molar-refractivity contribution in [3.05, 3.63) is 69.2 Å². The van der Waals surface area contributed by atoms with Crippen molar-refractivity contribution in [2.45, 2.75) is 25.6 Å². The molecule has 0 aliphatic rings. The molecule has 0 radical (unpaired) electrons. The van der Waals surface area contributed by atoms with E-state index in [1.165, 1.54) is 12.1 Å². The second-order valence-electron chi connectivity index (χ2n) is 4.94. The van der Waals surface area contributed by atoms with Gasteiger partial charge in [0.2, 0.25) is 0 Å². The van der Waals surface area contributed by atoms with Gasteiger partial charge in [-0.05, 0) is 30.2 Å². The van der Waals surface area contributed by atoms with Crippen molar-refractivity contribution in [3.8, 4) is 0 Å². The molecule has 1 atom stereocenters. The summed E-state index contributed by atoms with van der Waals surface area (Å²) in [5, 5.41) is 10.1. The molecule has 0 heterocycles. The van der Waals surface area contributed by atoms with E-state index in [1.807, 2.05) is 31.2 Å². The molecule has 2 aromatic carbocycles. The standard InChI is InChI=1S/C16H14BrF3O/c1-10-2-4-11(5-3-10)8-15(21)12-6-7-14(17)13(9-12)16(18,19)20/h2-7,9,15,21H,8H2,1H3. The van der Waals surface area contributed by atoms with Crippen molar-refractivity contribution in [1.29, 1.82) is 0 Å². The highest BCUT2D eigenvalue weighted by Crippen LogP contribution is 2.36. The lowest BCUT2D eigenvalue weighted by molar-refractivity contribution is -0.138. The molecular weight excluding hydrogens is 345 g/mol. The summed E-state index contributed by atoms with van der Waals surface area (Å²) in [5.41, 5.74) is 1.45. The summed E-state index contributed by atoms with van der Waals surface area (Å²) >= 11 is 2.89. The van der Waals surface area contributed by atoms with Crippen LogP contribution in [0.25, 0.3) is 0 Å². The molecular formula is C16H14BrF3O. The first-order valence-corrected chi connectivity index (χ1v) is 7.17. The lowest BCUT2D eigenvalue weighted by Gasteiger charge is -2.15. The summed E-state index contributed by atoms with van der Waals surface area (Å²) in [4.78, 5) is 0. The fourth-order valence-corrected chi connectivity index (χ4v) is 2.50. The molecule has 5 heteroatoms. The Bertz CT molecular complexity index is 620. The second kappa shape index (κ2) is 6.20. The third-order valence-corrected chi connectivity index (χ3v) is 3.92. The topological polar surface area (TPSA) is 20.2 Å². The van der Waals surface area contributed by atoms with Crippen LogP contribution < -0.4 is 0 Å². The molecule has 0 aliphatic carbocycles. The monoisotopic (exact) mass is 358 g/mol. The minimum Gasteiger partial charge on any atom is -0.388 e. The van der Waals surface area contributed by atoms with E-state index < -0.39 is 17.8 Å². The quantitative estimate of drug-likeness (QED) is 0.813. The minimum absolute atomic E-state index is 0.0266. The Labute approximate surface area is 129 Å². The molecule has 21 heavy (non-hydrogen) atoms. The molecule has 0 aliphatic heterocycles. The van der Waals surface area contributed by atoms with Crippen LogP contribution in [-0.2, 0) is 12.6 Å². The van der Waals surface area contributed by atoms with E-state index in [-0.39, 0.29) is 16.5 Å². The number of rotatable bonds is 3. The predicted molar refractivity (Wildman–Crippen MR) is 79.0 cm³/mol. The maximum absolute atomic E-state index is 12.9. The number of aliphatic hydroxyl groups excluding tert-OH is 1. The lowest BCUT2D eigenvalue weighted by atomic mass is 9.99. The van der Waals surface area contributed by atoms with Crippen molar-refractivity contribution in [3.63, 3.8) is 0 Å². The van der Waals surface area contributed by atoms with E-state index in [0.717, 1.165) is 17.2 Å². The van der Waals surface area contributed by atoms with Gasteiger partial charge in [0.05, 0.1) is 11.7 Å². The molecule has 0 bridgehead atoms. The summed E-state index contributed by atoms with van der Waals surface area (Å²) in [7, 11) is 0. The number of benzene rings is 2. The molecule has 1 unspecified atom stereocenters. The lowest BCUT2D eigenvalue weighted by Crippen LogP contribution is -2.09. The molecule has 0 aromatic heterocycles. The third kappa shape index (κ3) is 4.08. The number of halogens is 4. The van der Waals surface area contributed by atoms with Crippen LogP contribution in [0.4, 0.5) is 13.2 Å². The minimum atomic E-state index is -4.45. The average Bonchev–Trinajstić information content (AvgIpc) is 2.40. The molecule has 2 aromatic rings. The number of hydrogen-bond acceptors (Lipinski definition) is 1. The maximum Gasteiger partial charge on any atom is 0.417 e. The number of alkyl halides is 3. The van der Waals surface area contributed by atoms with Crippen LogP contribution in [0.3, 0.4) is 0 Å². The Balaban J connectivity index is 2.23. The molecule has 0 saturated heterocycles. The first-order valence-electron chi connectivity index (χ1n) is 6.37. The van der Waals surface area contributed by atoms with Crippen molar-refractivity contribution >= 4 is 15.9 Å². The zero-order valence-electron chi connectivity index (χ0n) is 11.3. The van der Waals surface area contributed by atoms with E-state index >= 15 is 0 Å². The van der Waals surface area contributed by atoms with Crippen molar-refractivity contribution in [2.24, 2.45) is 0 Å². The summed E-state index contributed by atoms with van der Waals surface area (Å²) < 4.78 is 38.5. The Morgan fingerprint density at radius 3 is 2.29 bits per heavy atom. The van der Waals surface area contributed by atoms with Gasteiger partial charge >= 0.3 is 6.18 Å². The fourth-order valence-electron chi connectivity index (χ4n) is 2.03. The van der Waals surface area contributed by atoms with Crippen molar-refractivity contribution < 1.29 is 18.3 Å². The predicted octanol–water partition coefficient (Wildman–Crippen LogP) is 5.05. The molecule has 0 amide bonds. The van der Waals surface area contributed by atoms with Crippen molar-refractivity contribution in [2.75, 3.05) is 0 Å². The highest BCUT2D eigenvalue weighted by molar-refractivity contribution is 9.10. The second-order valence-corrected chi connectivity index (χ2v) is 5.80. The molecule has 0 fully saturated rings. The maximum atomic E-state index is 12.9. The van der Waals surface area contributed by atoms with Crippen LogP contribution >= 0.6 is 15.9 Å². The van der Waals surface area contributed by atoms with E-state index in [1.54, 1.807) is 0 Å². The summed E-state index contributed by atoms with van der Waals surface area (Å²) in [6.07, 6.45) is -5.14. The van der Waals surface area contributed by atoms with Gasteiger partial charge in [0, 0.05) is 10.9 Å². The average molecular weight is 359 g/mol. The smallest absolute Gasteiger partial charge is 0.388 e. The third-order valence-electron chi connectivity index (χ3n) is 3.23. The Morgan fingerprint density at radius 1 is 1.10 bits per heavy atom. The van der Waals surface area contributed by atoms with Gasteiger partial charge in [-0.3, -0.25) is 0 Å². The fraction of sp³-hybridized carbons (Fsp3) is 0.250. The Morgan fingerprint density at radius 2 is 1.71 bits per heavy atom. The molecule has 1 N–H and O–H groups in total. The van der Waals surface area contributed by atoms with Gasteiger partial charge in [-0.2, -0.15) is 13.2 Å². The van der Waals surface area contributed by atoms with E-state index in [4.69, 9.17) is 0 Å². The summed E-state index contributed by atoms with van der Waals surface area (Å²) in [5.74, 6) is 0. The first-order chi connectivity index (χ1) is 9.77. The zero-order chi connectivity index (χ0) is 15.6. The Hall–Kier alpha value is -1.33. The SMILES string of the molecule is Cc1ccc(CC(O)c2ccc(Br)c(C(F)(F)F)c2)cc1. The van der Waals surface area contributed by atoms with Gasteiger partial charge in [0.15, 0.2) is 0 Å². The van der Waals surface area contributed by atoms with Crippen LogP contribution in [0.2, 0.25) is 0 Å². The highest BCUT2D eigenvalue weighted by atomic mass is 79.9. The Kier molecular flexibility index (Phi) is 4.74.